The molecule has 1 heterocycles. The van der Waals surface area contributed by atoms with E-state index in [9.17, 15) is 4.79 Å². The summed E-state index contributed by atoms with van der Waals surface area (Å²) in [6.45, 7) is 5.13. The molecule has 0 aliphatic heterocycles. The van der Waals surface area contributed by atoms with E-state index in [0.717, 1.165) is 23.5 Å². The van der Waals surface area contributed by atoms with Crippen molar-refractivity contribution in [1.29, 1.82) is 0 Å². The second kappa shape index (κ2) is 8.74. The minimum absolute atomic E-state index is 0.0783. The van der Waals surface area contributed by atoms with Gasteiger partial charge in [0.15, 0.2) is 0 Å². The first-order valence-corrected chi connectivity index (χ1v) is 10.5. The van der Waals surface area contributed by atoms with Gasteiger partial charge in [-0.1, -0.05) is 50.2 Å². The predicted molar refractivity (Wildman–Crippen MR) is 129 cm³/mol. The topological polar surface area (TPSA) is 50.2 Å². The average molecular weight is 413 g/mol. The second-order valence-electron chi connectivity index (χ2n) is 8.40. The SMILES string of the molecule is CC(C)c1ccc2nc(Nc3ccc(CN(C)C)cc3)n(-c3ccccc3)c(=O)c2c1. The Bertz CT molecular complexity index is 1240. The summed E-state index contributed by atoms with van der Waals surface area (Å²) in [6.07, 6.45) is 0. The molecule has 0 atom stereocenters. The number of fused-ring (bicyclic) bond motifs is 1. The highest BCUT2D eigenvalue weighted by Gasteiger charge is 2.14. The molecular formula is C26H28N4O. The Labute approximate surface area is 183 Å². The summed E-state index contributed by atoms with van der Waals surface area (Å²) in [6, 6.07) is 23.8. The van der Waals surface area contributed by atoms with Crippen LogP contribution >= 0.6 is 0 Å². The van der Waals surface area contributed by atoms with Gasteiger partial charge in [-0.2, -0.15) is 0 Å². The zero-order chi connectivity index (χ0) is 22.0. The number of hydrogen-bond acceptors (Lipinski definition) is 4. The van der Waals surface area contributed by atoms with Crippen LogP contribution in [0.1, 0.15) is 30.9 Å². The molecule has 0 saturated heterocycles. The normalized spacial score (nSPS) is 11.4. The van der Waals surface area contributed by atoms with Gasteiger partial charge in [-0.15, -0.1) is 0 Å². The molecule has 3 aromatic carbocycles. The fourth-order valence-electron chi connectivity index (χ4n) is 3.65. The standard InChI is InChI=1S/C26H28N4O/c1-18(2)20-12-15-24-23(16-20)25(31)30(22-8-6-5-7-9-22)26(28-24)27-21-13-10-19(11-14-21)17-29(3)4/h5-16,18H,17H2,1-4H3,(H,27,28). The third-order valence-electron chi connectivity index (χ3n) is 5.28. The van der Waals surface area contributed by atoms with E-state index in [1.165, 1.54) is 5.56 Å². The van der Waals surface area contributed by atoms with E-state index >= 15 is 0 Å². The fourth-order valence-corrected chi connectivity index (χ4v) is 3.65. The number of anilines is 2. The van der Waals surface area contributed by atoms with Crippen LogP contribution in [0.5, 0.6) is 0 Å². The first-order valence-electron chi connectivity index (χ1n) is 10.5. The van der Waals surface area contributed by atoms with Gasteiger partial charge in [0.05, 0.1) is 16.6 Å². The molecule has 0 aliphatic rings. The molecule has 0 bridgehead atoms. The molecule has 0 fully saturated rings. The molecule has 4 rings (SSSR count). The molecular weight excluding hydrogens is 384 g/mol. The van der Waals surface area contributed by atoms with Crippen molar-refractivity contribution >= 4 is 22.5 Å². The summed E-state index contributed by atoms with van der Waals surface area (Å²) < 4.78 is 1.65. The van der Waals surface area contributed by atoms with Gasteiger partial charge < -0.3 is 10.2 Å². The highest BCUT2D eigenvalue weighted by atomic mass is 16.1. The van der Waals surface area contributed by atoms with Crippen LogP contribution in [0.4, 0.5) is 11.6 Å². The molecule has 0 aliphatic carbocycles. The van der Waals surface area contributed by atoms with Gasteiger partial charge in [0.25, 0.3) is 5.56 Å². The average Bonchev–Trinajstić information content (AvgIpc) is 2.75. The summed E-state index contributed by atoms with van der Waals surface area (Å²) in [5.41, 5.74) is 4.63. The Morgan fingerprint density at radius 3 is 2.32 bits per heavy atom. The molecule has 5 heteroatoms. The van der Waals surface area contributed by atoms with Crippen LogP contribution in [-0.4, -0.2) is 28.5 Å². The Balaban J connectivity index is 1.83. The number of nitrogens with one attached hydrogen (secondary N) is 1. The molecule has 158 valence electrons. The molecule has 0 spiro atoms. The van der Waals surface area contributed by atoms with Gasteiger partial charge in [-0.3, -0.25) is 4.79 Å². The van der Waals surface area contributed by atoms with E-state index in [4.69, 9.17) is 4.98 Å². The lowest BCUT2D eigenvalue weighted by Gasteiger charge is -2.16. The summed E-state index contributed by atoms with van der Waals surface area (Å²) >= 11 is 0. The number of aromatic nitrogens is 2. The van der Waals surface area contributed by atoms with Crippen molar-refractivity contribution in [1.82, 2.24) is 14.5 Å². The van der Waals surface area contributed by atoms with Crippen LogP contribution in [0.25, 0.3) is 16.6 Å². The molecule has 0 radical (unpaired) electrons. The number of benzene rings is 3. The van der Waals surface area contributed by atoms with Crippen molar-refractivity contribution in [3.8, 4) is 5.69 Å². The monoisotopic (exact) mass is 412 g/mol. The highest BCUT2D eigenvalue weighted by molar-refractivity contribution is 5.81. The van der Waals surface area contributed by atoms with E-state index < -0.39 is 0 Å². The van der Waals surface area contributed by atoms with Crippen molar-refractivity contribution in [2.24, 2.45) is 0 Å². The molecule has 0 saturated carbocycles. The van der Waals surface area contributed by atoms with Crippen LogP contribution in [0.2, 0.25) is 0 Å². The Morgan fingerprint density at radius 1 is 0.968 bits per heavy atom. The highest BCUT2D eigenvalue weighted by Crippen LogP contribution is 2.23. The third kappa shape index (κ3) is 4.52. The number of nitrogens with zero attached hydrogens (tertiary/aromatic N) is 3. The summed E-state index contributed by atoms with van der Waals surface area (Å²) in [5, 5.41) is 3.99. The van der Waals surface area contributed by atoms with Crippen molar-refractivity contribution in [3.05, 3.63) is 94.3 Å². The lowest BCUT2D eigenvalue weighted by Crippen LogP contribution is -2.23. The van der Waals surface area contributed by atoms with Crippen LogP contribution in [-0.2, 0) is 6.54 Å². The van der Waals surface area contributed by atoms with E-state index in [1.807, 2.05) is 60.7 Å². The maximum atomic E-state index is 13.6. The third-order valence-corrected chi connectivity index (χ3v) is 5.28. The quantitative estimate of drug-likeness (QED) is 0.466. The van der Waals surface area contributed by atoms with E-state index in [1.54, 1.807) is 4.57 Å². The first-order chi connectivity index (χ1) is 14.9. The maximum absolute atomic E-state index is 13.6. The molecule has 0 amide bonds. The molecule has 0 unspecified atom stereocenters. The summed E-state index contributed by atoms with van der Waals surface area (Å²) in [4.78, 5) is 20.5. The minimum Gasteiger partial charge on any atom is -0.325 e. The molecule has 31 heavy (non-hydrogen) atoms. The van der Waals surface area contributed by atoms with Crippen LogP contribution < -0.4 is 10.9 Å². The van der Waals surface area contributed by atoms with E-state index in [0.29, 0.717) is 22.8 Å². The first kappa shape index (κ1) is 20.8. The van der Waals surface area contributed by atoms with Gasteiger partial charge in [0, 0.05) is 12.2 Å². The summed E-state index contributed by atoms with van der Waals surface area (Å²) in [7, 11) is 4.10. The van der Waals surface area contributed by atoms with Crippen LogP contribution in [0.15, 0.2) is 77.6 Å². The van der Waals surface area contributed by atoms with Gasteiger partial charge in [0.1, 0.15) is 0 Å². The summed E-state index contributed by atoms with van der Waals surface area (Å²) in [5.74, 6) is 0.841. The lowest BCUT2D eigenvalue weighted by molar-refractivity contribution is 0.402. The van der Waals surface area contributed by atoms with E-state index in [2.05, 4.69) is 50.3 Å². The van der Waals surface area contributed by atoms with E-state index in [-0.39, 0.29) is 5.56 Å². The lowest BCUT2D eigenvalue weighted by atomic mass is 10.0. The molecule has 4 aromatic rings. The molecule has 1 aromatic heterocycles. The largest absolute Gasteiger partial charge is 0.325 e. The predicted octanol–water partition coefficient (Wildman–Crippen LogP) is 5.31. The van der Waals surface area contributed by atoms with Crippen molar-refractivity contribution in [2.45, 2.75) is 26.3 Å². The van der Waals surface area contributed by atoms with Crippen molar-refractivity contribution in [3.63, 3.8) is 0 Å². The maximum Gasteiger partial charge on any atom is 0.267 e. The van der Waals surface area contributed by atoms with Gasteiger partial charge in [-0.05, 0) is 67.5 Å². The van der Waals surface area contributed by atoms with Gasteiger partial charge >= 0.3 is 0 Å². The fraction of sp³-hybridized carbons (Fsp3) is 0.231. The second-order valence-corrected chi connectivity index (χ2v) is 8.40. The van der Waals surface area contributed by atoms with Gasteiger partial charge in [0.2, 0.25) is 5.95 Å². The van der Waals surface area contributed by atoms with Crippen LogP contribution in [0, 0.1) is 0 Å². The van der Waals surface area contributed by atoms with Gasteiger partial charge in [-0.25, -0.2) is 9.55 Å². The van der Waals surface area contributed by atoms with Crippen LogP contribution in [0.3, 0.4) is 0 Å². The molecule has 1 N–H and O–H groups in total. The zero-order valence-corrected chi connectivity index (χ0v) is 18.5. The Hall–Kier alpha value is -3.44. The zero-order valence-electron chi connectivity index (χ0n) is 18.5. The molecule has 5 nitrogen and oxygen atoms in total. The minimum atomic E-state index is -0.0783. The van der Waals surface area contributed by atoms with Crippen molar-refractivity contribution in [2.75, 3.05) is 19.4 Å². The number of hydrogen-bond donors (Lipinski definition) is 1. The van der Waals surface area contributed by atoms with Crippen molar-refractivity contribution < 1.29 is 0 Å². The number of rotatable bonds is 6. The smallest absolute Gasteiger partial charge is 0.267 e. The number of para-hydroxylation sites is 1. The Kier molecular flexibility index (Phi) is 5.87. The Morgan fingerprint density at radius 2 is 1.68 bits per heavy atom.